The summed E-state index contributed by atoms with van der Waals surface area (Å²) < 4.78 is 24.3. The van der Waals surface area contributed by atoms with Gasteiger partial charge >= 0.3 is 0 Å². The van der Waals surface area contributed by atoms with Crippen LogP contribution in [-0.2, 0) is 19.5 Å². The zero-order valence-corrected chi connectivity index (χ0v) is 21.3. The van der Waals surface area contributed by atoms with Crippen LogP contribution in [0.15, 0.2) is 73.3 Å². The van der Waals surface area contributed by atoms with Gasteiger partial charge in [0.25, 0.3) is 5.91 Å². The number of fused-ring (bicyclic) bond motifs is 1. The van der Waals surface area contributed by atoms with E-state index in [4.69, 9.17) is 23.9 Å². The monoisotopic (exact) mass is 501 g/mol. The van der Waals surface area contributed by atoms with Gasteiger partial charge in [-0.1, -0.05) is 36.4 Å². The number of imidazole rings is 1. The number of carbonyl (C=O) groups excluding carboxylic acids is 1. The van der Waals surface area contributed by atoms with Crippen molar-refractivity contribution < 1.29 is 23.7 Å². The van der Waals surface area contributed by atoms with E-state index in [1.54, 1.807) is 12.1 Å². The maximum Gasteiger partial charge on any atom is 0.251 e. The predicted octanol–water partition coefficient (Wildman–Crippen LogP) is 4.80. The summed E-state index contributed by atoms with van der Waals surface area (Å²) in [7, 11) is 4.55. The van der Waals surface area contributed by atoms with Gasteiger partial charge in [-0.2, -0.15) is 0 Å². The van der Waals surface area contributed by atoms with Crippen LogP contribution < -0.4 is 24.3 Å². The Morgan fingerprint density at radius 2 is 1.68 bits per heavy atom. The van der Waals surface area contributed by atoms with Gasteiger partial charge in [-0.15, -0.1) is 6.58 Å². The van der Waals surface area contributed by atoms with Crippen molar-refractivity contribution in [1.29, 1.82) is 0 Å². The van der Waals surface area contributed by atoms with Gasteiger partial charge in [0.2, 0.25) is 5.75 Å². The Morgan fingerprint density at radius 1 is 0.973 bits per heavy atom. The summed E-state index contributed by atoms with van der Waals surface area (Å²) in [5.41, 5.74) is 3.30. The molecule has 1 heterocycles. The molecule has 1 aromatic heterocycles. The van der Waals surface area contributed by atoms with Crippen LogP contribution >= 0.6 is 0 Å². The van der Waals surface area contributed by atoms with Crippen molar-refractivity contribution in [1.82, 2.24) is 14.9 Å². The summed E-state index contributed by atoms with van der Waals surface area (Å²) in [5.74, 6) is 2.53. The van der Waals surface area contributed by atoms with Crippen molar-refractivity contribution in [3.63, 3.8) is 0 Å². The molecule has 1 amide bonds. The molecule has 8 heteroatoms. The molecule has 4 aromatic rings. The molecule has 37 heavy (non-hydrogen) atoms. The van der Waals surface area contributed by atoms with E-state index < -0.39 is 0 Å². The first kappa shape index (κ1) is 25.6. The standard InChI is InChI=1S/C29H31N3O5/c1-5-10-20-11-6-9-14-24(20)37-16-15-32-23-13-8-7-12-22(23)31-27(32)19-30-29(33)21-17-25(34-2)28(36-4)26(18-21)35-3/h5-9,11-14,17-18H,1,10,15-16,19H2,2-4H3,(H,30,33). The number of aromatic nitrogens is 2. The summed E-state index contributed by atoms with van der Waals surface area (Å²) >= 11 is 0. The van der Waals surface area contributed by atoms with Crippen LogP contribution in [0.2, 0.25) is 0 Å². The molecule has 0 aliphatic rings. The van der Waals surface area contributed by atoms with Crippen LogP contribution in [0.1, 0.15) is 21.7 Å². The van der Waals surface area contributed by atoms with E-state index in [-0.39, 0.29) is 12.5 Å². The minimum atomic E-state index is -0.285. The van der Waals surface area contributed by atoms with E-state index in [9.17, 15) is 4.79 Å². The molecule has 0 bridgehead atoms. The Labute approximate surface area is 216 Å². The van der Waals surface area contributed by atoms with E-state index in [2.05, 4.69) is 16.5 Å². The molecule has 8 nitrogen and oxygen atoms in total. The number of nitrogens with zero attached hydrogens (tertiary/aromatic N) is 2. The number of benzene rings is 3. The van der Waals surface area contributed by atoms with Crippen molar-refractivity contribution in [2.75, 3.05) is 27.9 Å². The van der Waals surface area contributed by atoms with Crippen LogP contribution in [0.4, 0.5) is 0 Å². The molecular weight excluding hydrogens is 470 g/mol. The Balaban J connectivity index is 1.52. The number of nitrogens with one attached hydrogen (secondary N) is 1. The number of allylic oxidation sites excluding steroid dienone is 1. The lowest BCUT2D eigenvalue weighted by Crippen LogP contribution is -2.25. The molecule has 3 aromatic carbocycles. The number of hydrogen-bond acceptors (Lipinski definition) is 6. The maximum atomic E-state index is 13.0. The highest BCUT2D eigenvalue weighted by molar-refractivity contribution is 5.95. The zero-order valence-electron chi connectivity index (χ0n) is 21.3. The average Bonchev–Trinajstić information content (AvgIpc) is 3.29. The summed E-state index contributed by atoms with van der Waals surface area (Å²) in [5, 5.41) is 2.96. The number of ether oxygens (including phenoxy) is 4. The van der Waals surface area contributed by atoms with Gasteiger partial charge in [-0.25, -0.2) is 4.98 Å². The second kappa shape index (κ2) is 12.0. The molecule has 0 aliphatic carbocycles. The fourth-order valence-corrected chi connectivity index (χ4v) is 4.20. The quantitative estimate of drug-likeness (QED) is 0.281. The van der Waals surface area contributed by atoms with E-state index in [0.717, 1.165) is 34.6 Å². The highest BCUT2D eigenvalue weighted by atomic mass is 16.5. The first-order valence-electron chi connectivity index (χ1n) is 11.9. The molecule has 4 rings (SSSR count). The van der Waals surface area contributed by atoms with E-state index in [0.29, 0.717) is 36.0 Å². The van der Waals surface area contributed by atoms with Crippen molar-refractivity contribution in [3.05, 3.63) is 90.3 Å². The topological polar surface area (TPSA) is 83.8 Å². The lowest BCUT2D eigenvalue weighted by atomic mass is 10.1. The Bertz CT molecular complexity index is 1370. The van der Waals surface area contributed by atoms with Crippen molar-refractivity contribution in [2.24, 2.45) is 0 Å². The smallest absolute Gasteiger partial charge is 0.251 e. The van der Waals surface area contributed by atoms with Crippen molar-refractivity contribution in [2.45, 2.75) is 19.5 Å². The first-order chi connectivity index (χ1) is 18.1. The molecule has 192 valence electrons. The summed E-state index contributed by atoms with van der Waals surface area (Å²) in [6.07, 6.45) is 2.60. The summed E-state index contributed by atoms with van der Waals surface area (Å²) in [4.78, 5) is 17.8. The van der Waals surface area contributed by atoms with Crippen molar-refractivity contribution >= 4 is 16.9 Å². The van der Waals surface area contributed by atoms with Crippen LogP contribution in [0.5, 0.6) is 23.0 Å². The number of rotatable bonds is 12. The van der Waals surface area contributed by atoms with Crippen LogP contribution in [0, 0.1) is 0 Å². The third-order valence-corrected chi connectivity index (χ3v) is 5.98. The number of para-hydroxylation sites is 3. The molecule has 0 unspecified atom stereocenters. The number of amides is 1. The summed E-state index contributed by atoms with van der Waals surface area (Å²) in [6.45, 7) is 5.07. The van der Waals surface area contributed by atoms with Gasteiger partial charge in [0.15, 0.2) is 11.5 Å². The van der Waals surface area contributed by atoms with Gasteiger partial charge in [0, 0.05) is 5.56 Å². The Hall–Kier alpha value is -4.46. The molecule has 0 spiro atoms. The van der Waals surface area contributed by atoms with Gasteiger partial charge in [0.05, 0.1) is 45.5 Å². The molecule has 0 saturated carbocycles. The lowest BCUT2D eigenvalue weighted by molar-refractivity contribution is 0.0948. The van der Waals surface area contributed by atoms with Crippen LogP contribution in [0.3, 0.4) is 0 Å². The minimum Gasteiger partial charge on any atom is -0.493 e. The normalized spacial score (nSPS) is 10.7. The fraction of sp³-hybridized carbons (Fsp3) is 0.241. The van der Waals surface area contributed by atoms with E-state index in [1.165, 1.54) is 21.3 Å². The van der Waals surface area contributed by atoms with E-state index in [1.807, 2.05) is 54.6 Å². The third-order valence-electron chi connectivity index (χ3n) is 5.98. The predicted molar refractivity (Wildman–Crippen MR) is 143 cm³/mol. The van der Waals surface area contributed by atoms with E-state index >= 15 is 0 Å². The molecule has 0 radical (unpaired) electrons. The molecular formula is C29H31N3O5. The number of methoxy groups -OCH3 is 3. The molecule has 0 atom stereocenters. The number of carbonyl (C=O) groups is 1. The first-order valence-corrected chi connectivity index (χ1v) is 11.9. The Kier molecular flexibility index (Phi) is 8.30. The molecule has 0 aliphatic heterocycles. The second-order valence-corrected chi connectivity index (χ2v) is 8.21. The second-order valence-electron chi connectivity index (χ2n) is 8.21. The summed E-state index contributed by atoms with van der Waals surface area (Å²) in [6, 6.07) is 19.1. The highest BCUT2D eigenvalue weighted by Crippen LogP contribution is 2.38. The number of hydrogen-bond donors (Lipinski definition) is 1. The molecule has 1 N–H and O–H groups in total. The molecule has 0 fully saturated rings. The largest absolute Gasteiger partial charge is 0.493 e. The van der Waals surface area contributed by atoms with Crippen molar-refractivity contribution in [3.8, 4) is 23.0 Å². The third kappa shape index (κ3) is 5.69. The highest BCUT2D eigenvalue weighted by Gasteiger charge is 2.18. The maximum absolute atomic E-state index is 13.0. The van der Waals surface area contributed by atoms with Gasteiger partial charge in [-0.3, -0.25) is 4.79 Å². The van der Waals surface area contributed by atoms with Gasteiger partial charge < -0.3 is 28.8 Å². The SMILES string of the molecule is C=CCc1ccccc1OCCn1c(CNC(=O)c2cc(OC)c(OC)c(OC)c2)nc2ccccc21. The van der Waals surface area contributed by atoms with Gasteiger partial charge in [0.1, 0.15) is 18.2 Å². The van der Waals surface area contributed by atoms with Crippen LogP contribution in [0.25, 0.3) is 11.0 Å². The molecule has 0 saturated heterocycles. The zero-order chi connectivity index (χ0) is 26.2. The average molecular weight is 502 g/mol. The minimum absolute atomic E-state index is 0.233. The fourth-order valence-electron chi connectivity index (χ4n) is 4.20. The Morgan fingerprint density at radius 3 is 2.38 bits per heavy atom. The van der Waals surface area contributed by atoms with Crippen LogP contribution in [-0.4, -0.2) is 43.4 Å². The van der Waals surface area contributed by atoms with Gasteiger partial charge in [-0.05, 0) is 42.3 Å². The lowest BCUT2D eigenvalue weighted by Gasteiger charge is -2.15.